The Kier molecular flexibility index (Phi) is 3.31. The number of nitrogens with zero attached hydrogens (tertiary/aromatic N) is 1. The molecule has 0 unspecified atom stereocenters. The third kappa shape index (κ3) is 2.25. The van der Waals surface area contributed by atoms with Gasteiger partial charge in [-0.15, -0.1) is 0 Å². The summed E-state index contributed by atoms with van der Waals surface area (Å²) in [5.41, 5.74) is 0.306. The van der Waals surface area contributed by atoms with Crippen molar-refractivity contribution < 1.29 is 4.39 Å². The van der Waals surface area contributed by atoms with E-state index in [0.29, 0.717) is 10.2 Å². The van der Waals surface area contributed by atoms with Gasteiger partial charge in [-0.2, -0.15) is 0 Å². The van der Waals surface area contributed by atoms with E-state index in [4.69, 9.17) is 11.6 Å². The molecule has 0 amide bonds. The number of hydrogen-bond acceptors (Lipinski definition) is 2. The maximum atomic E-state index is 13.7. The van der Waals surface area contributed by atoms with Gasteiger partial charge in [-0.3, -0.25) is 4.79 Å². The molecule has 0 aliphatic rings. The fourth-order valence-electron chi connectivity index (χ4n) is 1.39. The lowest BCUT2D eigenvalue weighted by molar-refractivity contribution is 0.630. The predicted molar refractivity (Wildman–Crippen MR) is 67.7 cm³/mol. The summed E-state index contributed by atoms with van der Waals surface area (Å²) in [6.45, 7) is 1.66. The molecule has 0 radical (unpaired) electrons. The van der Waals surface area contributed by atoms with Crippen LogP contribution >= 0.6 is 27.5 Å². The SMILES string of the molecule is Cc1nc(-c2cccc(Cl)c2F)[nH]c(=O)c1Br. The fraction of sp³-hybridized carbons (Fsp3) is 0.0909. The van der Waals surface area contributed by atoms with E-state index < -0.39 is 5.82 Å². The van der Waals surface area contributed by atoms with Gasteiger partial charge in [0.25, 0.3) is 5.56 Å². The van der Waals surface area contributed by atoms with Crippen LogP contribution in [0.1, 0.15) is 5.69 Å². The maximum absolute atomic E-state index is 13.7. The standard InChI is InChI=1S/C11H7BrClFN2O/c1-5-8(12)11(17)16-10(15-5)6-3-2-4-7(13)9(6)14/h2-4H,1H3,(H,15,16,17). The van der Waals surface area contributed by atoms with E-state index in [2.05, 4.69) is 25.9 Å². The first kappa shape index (κ1) is 12.3. The Morgan fingerprint density at radius 2 is 2.18 bits per heavy atom. The van der Waals surface area contributed by atoms with Crippen molar-refractivity contribution in [2.45, 2.75) is 6.92 Å². The lowest BCUT2D eigenvalue weighted by Gasteiger charge is -2.05. The van der Waals surface area contributed by atoms with Crippen LogP contribution in [0.15, 0.2) is 27.5 Å². The summed E-state index contributed by atoms with van der Waals surface area (Å²) in [7, 11) is 0. The summed E-state index contributed by atoms with van der Waals surface area (Å²) in [4.78, 5) is 18.1. The molecule has 2 rings (SSSR count). The van der Waals surface area contributed by atoms with Crippen LogP contribution in [0, 0.1) is 12.7 Å². The van der Waals surface area contributed by atoms with E-state index in [1.165, 1.54) is 12.1 Å². The van der Waals surface area contributed by atoms with Gasteiger partial charge in [0.2, 0.25) is 0 Å². The molecule has 0 saturated heterocycles. The van der Waals surface area contributed by atoms with Crippen LogP contribution in [-0.4, -0.2) is 9.97 Å². The highest BCUT2D eigenvalue weighted by molar-refractivity contribution is 9.10. The normalized spacial score (nSPS) is 10.6. The summed E-state index contributed by atoms with van der Waals surface area (Å²) in [5.74, 6) is -0.435. The zero-order valence-electron chi connectivity index (χ0n) is 8.72. The molecule has 0 atom stereocenters. The molecule has 0 spiro atoms. The smallest absolute Gasteiger partial charge is 0.265 e. The Morgan fingerprint density at radius 3 is 2.82 bits per heavy atom. The molecule has 17 heavy (non-hydrogen) atoms. The molecule has 0 saturated carbocycles. The van der Waals surface area contributed by atoms with Crippen LogP contribution in [0.5, 0.6) is 0 Å². The number of halogens is 3. The zero-order chi connectivity index (χ0) is 12.6. The van der Waals surface area contributed by atoms with Gasteiger partial charge in [0.05, 0.1) is 16.3 Å². The van der Waals surface area contributed by atoms with Crippen molar-refractivity contribution in [3.8, 4) is 11.4 Å². The van der Waals surface area contributed by atoms with E-state index in [0.717, 1.165) is 0 Å². The number of aryl methyl sites for hydroxylation is 1. The second-order valence-corrected chi connectivity index (χ2v) is 4.62. The molecular weight excluding hydrogens is 310 g/mol. The Balaban J connectivity index is 2.70. The Morgan fingerprint density at radius 1 is 1.47 bits per heavy atom. The van der Waals surface area contributed by atoms with E-state index in [9.17, 15) is 9.18 Å². The Labute approximate surface area is 110 Å². The fourth-order valence-corrected chi connectivity index (χ4v) is 1.75. The van der Waals surface area contributed by atoms with E-state index in [1.54, 1.807) is 13.0 Å². The molecule has 2 aromatic rings. The third-order valence-electron chi connectivity index (χ3n) is 2.24. The minimum absolute atomic E-state index is 0.00859. The number of H-pyrrole nitrogens is 1. The van der Waals surface area contributed by atoms with Gasteiger partial charge in [-0.05, 0) is 35.0 Å². The summed E-state index contributed by atoms with van der Waals surface area (Å²) in [6, 6.07) is 4.54. The lowest BCUT2D eigenvalue weighted by Crippen LogP contribution is -2.12. The second kappa shape index (κ2) is 4.58. The van der Waals surface area contributed by atoms with Crippen molar-refractivity contribution in [1.82, 2.24) is 9.97 Å². The quantitative estimate of drug-likeness (QED) is 0.877. The number of aromatic amines is 1. The number of hydrogen-bond donors (Lipinski definition) is 1. The Bertz CT molecular complexity index is 642. The molecule has 0 aliphatic carbocycles. The monoisotopic (exact) mass is 316 g/mol. The first-order valence-corrected chi connectivity index (χ1v) is 5.88. The highest BCUT2D eigenvalue weighted by Gasteiger charge is 2.12. The van der Waals surface area contributed by atoms with Crippen molar-refractivity contribution in [1.29, 1.82) is 0 Å². The van der Waals surface area contributed by atoms with Crippen molar-refractivity contribution >= 4 is 27.5 Å². The average molecular weight is 318 g/mol. The molecule has 0 fully saturated rings. The summed E-state index contributed by atoms with van der Waals surface area (Å²) >= 11 is 8.76. The van der Waals surface area contributed by atoms with Crippen LogP contribution in [0.3, 0.4) is 0 Å². The first-order chi connectivity index (χ1) is 8.00. The molecule has 88 valence electrons. The van der Waals surface area contributed by atoms with Gasteiger partial charge in [0.1, 0.15) is 10.3 Å². The first-order valence-electron chi connectivity index (χ1n) is 4.71. The summed E-state index contributed by atoms with van der Waals surface area (Å²) in [6.07, 6.45) is 0. The average Bonchev–Trinajstić information content (AvgIpc) is 2.29. The van der Waals surface area contributed by atoms with Crippen molar-refractivity contribution in [3.05, 3.63) is 49.6 Å². The minimum Gasteiger partial charge on any atom is -0.305 e. The molecule has 3 nitrogen and oxygen atoms in total. The van der Waals surface area contributed by atoms with Crippen LogP contribution in [0.4, 0.5) is 4.39 Å². The molecule has 1 aromatic carbocycles. The van der Waals surface area contributed by atoms with E-state index in [-0.39, 0.29) is 22.0 Å². The summed E-state index contributed by atoms with van der Waals surface area (Å²) < 4.78 is 14.1. The van der Waals surface area contributed by atoms with Gasteiger partial charge in [0.15, 0.2) is 5.82 Å². The predicted octanol–water partition coefficient (Wildman–Crippen LogP) is 3.30. The van der Waals surface area contributed by atoms with Gasteiger partial charge in [-0.25, -0.2) is 9.37 Å². The lowest BCUT2D eigenvalue weighted by atomic mass is 10.2. The van der Waals surface area contributed by atoms with Gasteiger partial charge in [-0.1, -0.05) is 17.7 Å². The zero-order valence-corrected chi connectivity index (χ0v) is 11.1. The molecule has 1 heterocycles. The molecule has 0 aliphatic heterocycles. The van der Waals surface area contributed by atoms with Crippen molar-refractivity contribution in [2.75, 3.05) is 0 Å². The number of rotatable bonds is 1. The van der Waals surface area contributed by atoms with E-state index in [1.807, 2.05) is 0 Å². The molecule has 1 N–H and O–H groups in total. The molecule has 1 aromatic heterocycles. The van der Waals surface area contributed by atoms with Crippen LogP contribution in [-0.2, 0) is 0 Å². The van der Waals surface area contributed by atoms with Crippen LogP contribution in [0.2, 0.25) is 5.02 Å². The topological polar surface area (TPSA) is 45.8 Å². The van der Waals surface area contributed by atoms with Crippen LogP contribution in [0.25, 0.3) is 11.4 Å². The van der Waals surface area contributed by atoms with Crippen molar-refractivity contribution in [3.63, 3.8) is 0 Å². The highest BCUT2D eigenvalue weighted by atomic mass is 79.9. The number of aromatic nitrogens is 2. The maximum Gasteiger partial charge on any atom is 0.265 e. The highest BCUT2D eigenvalue weighted by Crippen LogP contribution is 2.25. The second-order valence-electron chi connectivity index (χ2n) is 3.42. The largest absolute Gasteiger partial charge is 0.305 e. The number of nitrogens with one attached hydrogen (secondary N) is 1. The van der Waals surface area contributed by atoms with E-state index >= 15 is 0 Å². The van der Waals surface area contributed by atoms with Gasteiger partial charge < -0.3 is 4.98 Å². The number of benzene rings is 1. The van der Waals surface area contributed by atoms with Gasteiger partial charge >= 0.3 is 0 Å². The summed E-state index contributed by atoms with van der Waals surface area (Å²) in [5, 5.41) is -0.00859. The molecule has 0 bridgehead atoms. The Hall–Kier alpha value is -1.20. The van der Waals surface area contributed by atoms with Crippen LogP contribution < -0.4 is 5.56 Å². The molecular formula is C11H7BrClFN2O. The van der Waals surface area contributed by atoms with Crippen molar-refractivity contribution in [2.24, 2.45) is 0 Å². The minimum atomic E-state index is -0.598. The molecule has 6 heteroatoms. The van der Waals surface area contributed by atoms with Gasteiger partial charge in [0, 0.05) is 0 Å². The third-order valence-corrected chi connectivity index (χ3v) is 3.46.